The van der Waals surface area contributed by atoms with Crippen LogP contribution < -0.4 is 16.4 Å². The minimum atomic E-state index is -3.96. The molecular weight excluding hydrogens is 444 g/mol. The monoisotopic (exact) mass is 468 g/mol. The third-order valence-electron chi connectivity index (χ3n) is 4.75. The zero-order valence-corrected chi connectivity index (χ0v) is 18.1. The molecule has 0 unspecified atom stereocenters. The molecule has 0 bridgehead atoms. The topological polar surface area (TPSA) is 193 Å². The Labute approximate surface area is 184 Å². The molecule has 0 aliphatic carbocycles. The fourth-order valence-electron chi connectivity index (χ4n) is 3.06. The molecule has 1 heterocycles. The van der Waals surface area contributed by atoms with Gasteiger partial charge in [-0.3, -0.25) is 24.0 Å². The maximum Gasteiger partial charge on any atom is 0.303 e. The van der Waals surface area contributed by atoms with Gasteiger partial charge < -0.3 is 21.5 Å². The fourth-order valence-corrected chi connectivity index (χ4v) is 4.67. The van der Waals surface area contributed by atoms with E-state index in [1.165, 1.54) is 25.1 Å². The van der Waals surface area contributed by atoms with Gasteiger partial charge in [0.25, 0.3) is 15.9 Å². The average Bonchev–Trinajstić information content (AvgIpc) is 2.91. The molecule has 1 aromatic rings. The van der Waals surface area contributed by atoms with Crippen molar-refractivity contribution in [3.8, 4) is 0 Å². The number of fused-ring (bicyclic) bond motifs is 1. The second kappa shape index (κ2) is 10.2. The van der Waals surface area contributed by atoms with Crippen molar-refractivity contribution in [3.63, 3.8) is 0 Å². The van der Waals surface area contributed by atoms with Crippen molar-refractivity contribution in [1.29, 1.82) is 0 Å². The SMILES string of the molecule is C[C@H](NC(=O)CCCN1C(=O)c2ccccc2S1(=O)=O)C(=O)N[C@H](CCC(=O)O)C(N)=O. The van der Waals surface area contributed by atoms with Crippen LogP contribution in [0.25, 0.3) is 0 Å². The number of benzene rings is 1. The summed E-state index contributed by atoms with van der Waals surface area (Å²) < 4.78 is 25.6. The standard InChI is InChI=1S/C19H24N4O8S/c1-11(18(28)22-13(17(20)27)8-9-16(25)26)21-15(24)7-4-10-23-19(29)12-5-2-3-6-14(12)32(23,30)31/h2-3,5-6,11,13H,4,7-10H2,1H3,(H2,20,27)(H,21,24)(H,22,28)(H,25,26)/t11-,13+/m0/s1. The number of amides is 4. The molecule has 13 heteroatoms. The molecule has 1 aromatic carbocycles. The first kappa shape index (κ1) is 24.8. The lowest BCUT2D eigenvalue weighted by Crippen LogP contribution is -2.52. The Morgan fingerprint density at radius 2 is 1.78 bits per heavy atom. The predicted molar refractivity (Wildman–Crippen MR) is 109 cm³/mol. The van der Waals surface area contributed by atoms with Gasteiger partial charge in [-0.05, 0) is 31.9 Å². The zero-order valence-electron chi connectivity index (χ0n) is 17.2. The van der Waals surface area contributed by atoms with Crippen LogP contribution in [0.2, 0.25) is 0 Å². The van der Waals surface area contributed by atoms with Crippen molar-refractivity contribution in [2.45, 2.75) is 49.6 Å². The first-order valence-corrected chi connectivity index (χ1v) is 11.2. The van der Waals surface area contributed by atoms with Gasteiger partial charge in [-0.2, -0.15) is 0 Å². The van der Waals surface area contributed by atoms with E-state index in [0.29, 0.717) is 4.31 Å². The number of nitrogens with one attached hydrogen (secondary N) is 2. The van der Waals surface area contributed by atoms with Crippen LogP contribution in [0.1, 0.15) is 43.0 Å². The molecule has 0 saturated heterocycles. The van der Waals surface area contributed by atoms with E-state index in [4.69, 9.17) is 10.8 Å². The third kappa shape index (κ3) is 5.81. The van der Waals surface area contributed by atoms with E-state index in [2.05, 4.69) is 10.6 Å². The Balaban J connectivity index is 1.84. The number of nitrogens with two attached hydrogens (primary N) is 1. The quantitative estimate of drug-likeness (QED) is 0.316. The molecule has 2 atom stereocenters. The molecule has 2 rings (SSSR count). The number of nitrogens with zero attached hydrogens (tertiary/aromatic N) is 1. The molecule has 174 valence electrons. The smallest absolute Gasteiger partial charge is 0.303 e. The van der Waals surface area contributed by atoms with Crippen LogP contribution in [0, 0.1) is 0 Å². The van der Waals surface area contributed by atoms with Crippen LogP contribution in [-0.2, 0) is 29.2 Å². The van der Waals surface area contributed by atoms with Gasteiger partial charge in [-0.25, -0.2) is 12.7 Å². The highest BCUT2D eigenvalue weighted by atomic mass is 32.2. The molecule has 0 aromatic heterocycles. The number of hydrogen-bond donors (Lipinski definition) is 4. The highest BCUT2D eigenvalue weighted by Crippen LogP contribution is 2.29. The van der Waals surface area contributed by atoms with Gasteiger partial charge in [-0.15, -0.1) is 0 Å². The van der Waals surface area contributed by atoms with E-state index >= 15 is 0 Å². The summed E-state index contributed by atoms with van der Waals surface area (Å²) >= 11 is 0. The van der Waals surface area contributed by atoms with E-state index in [0.717, 1.165) is 0 Å². The molecule has 5 N–H and O–H groups in total. The number of carboxylic acid groups (broad SMARTS) is 1. The molecule has 0 radical (unpaired) electrons. The molecule has 0 fully saturated rings. The number of primary amides is 1. The van der Waals surface area contributed by atoms with Gasteiger partial charge in [0.1, 0.15) is 17.0 Å². The van der Waals surface area contributed by atoms with E-state index in [-0.39, 0.29) is 42.7 Å². The van der Waals surface area contributed by atoms with E-state index in [1.807, 2.05) is 0 Å². The van der Waals surface area contributed by atoms with Gasteiger partial charge in [0, 0.05) is 19.4 Å². The van der Waals surface area contributed by atoms with Crippen molar-refractivity contribution in [3.05, 3.63) is 29.8 Å². The largest absolute Gasteiger partial charge is 0.481 e. The summed E-state index contributed by atoms with van der Waals surface area (Å²) in [5.41, 5.74) is 5.23. The Bertz CT molecular complexity index is 1040. The Morgan fingerprint density at radius 3 is 2.38 bits per heavy atom. The molecule has 1 aliphatic heterocycles. The number of carbonyl (C=O) groups is 5. The first-order valence-electron chi connectivity index (χ1n) is 9.72. The summed E-state index contributed by atoms with van der Waals surface area (Å²) in [5, 5.41) is 13.4. The van der Waals surface area contributed by atoms with Crippen LogP contribution in [0.3, 0.4) is 0 Å². The number of rotatable bonds is 11. The van der Waals surface area contributed by atoms with Crippen LogP contribution in [0.15, 0.2) is 29.2 Å². The summed E-state index contributed by atoms with van der Waals surface area (Å²) in [6.45, 7) is 1.15. The maximum atomic E-state index is 12.5. The lowest BCUT2D eigenvalue weighted by atomic mass is 10.1. The Hall–Kier alpha value is -3.48. The molecule has 32 heavy (non-hydrogen) atoms. The van der Waals surface area contributed by atoms with Crippen molar-refractivity contribution >= 4 is 39.6 Å². The molecule has 0 saturated carbocycles. The summed E-state index contributed by atoms with van der Waals surface area (Å²) in [7, 11) is -3.96. The van der Waals surface area contributed by atoms with Gasteiger partial charge in [0.2, 0.25) is 17.7 Å². The zero-order chi connectivity index (χ0) is 24.1. The number of sulfonamides is 1. The highest BCUT2D eigenvalue weighted by Gasteiger charge is 2.40. The molecule has 1 aliphatic rings. The van der Waals surface area contributed by atoms with Gasteiger partial charge in [0.05, 0.1) is 5.56 Å². The predicted octanol–water partition coefficient (Wildman–Crippen LogP) is -1.05. The molecular formula is C19H24N4O8S. The van der Waals surface area contributed by atoms with Crippen LogP contribution in [-0.4, -0.2) is 66.1 Å². The van der Waals surface area contributed by atoms with Gasteiger partial charge in [-0.1, -0.05) is 12.1 Å². The highest BCUT2D eigenvalue weighted by molar-refractivity contribution is 7.90. The second-order valence-electron chi connectivity index (χ2n) is 7.17. The van der Waals surface area contributed by atoms with Crippen molar-refractivity contribution in [2.24, 2.45) is 5.73 Å². The minimum absolute atomic E-state index is 0.0294. The fraction of sp³-hybridized carbons (Fsp3) is 0.421. The summed E-state index contributed by atoms with van der Waals surface area (Å²) in [4.78, 5) is 58.5. The average molecular weight is 468 g/mol. The van der Waals surface area contributed by atoms with Crippen molar-refractivity contribution in [1.82, 2.24) is 14.9 Å². The number of carboxylic acids is 1. The lowest BCUT2D eigenvalue weighted by molar-refractivity contribution is -0.137. The third-order valence-corrected chi connectivity index (χ3v) is 6.60. The molecule has 12 nitrogen and oxygen atoms in total. The maximum absolute atomic E-state index is 12.5. The lowest BCUT2D eigenvalue weighted by Gasteiger charge is -2.19. The number of hydrogen-bond acceptors (Lipinski definition) is 7. The van der Waals surface area contributed by atoms with Gasteiger partial charge >= 0.3 is 5.97 Å². The van der Waals surface area contributed by atoms with E-state index in [1.54, 1.807) is 6.07 Å². The summed E-state index contributed by atoms with van der Waals surface area (Å²) in [5.74, 6) is -4.03. The second-order valence-corrected chi connectivity index (χ2v) is 9.00. The van der Waals surface area contributed by atoms with Crippen LogP contribution >= 0.6 is 0 Å². The van der Waals surface area contributed by atoms with Crippen molar-refractivity contribution < 1.29 is 37.5 Å². The van der Waals surface area contributed by atoms with E-state index < -0.39 is 51.7 Å². The molecule has 0 spiro atoms. The number of aliphatic carboxylic acids is 1. The normalized spacial score (nSPS) is 16.0. The first-order chi connectivity index (χ1) is 14.9. The van der Waals surface area contributed by atoms with Crippen molar-refractivity contribution in [2.75, 3.05) is 6.54 Å². The van der Waals surface area contributed by atoms with Gasteiger partial charge in [0.15, 0.2) is 0 Å². The van der Waals surface area contributed by atoms with Crippen LogP contribution in [0.5, 0.6) is 0 Å². The minimum Gasteiger partial charge on any atom is -0.481 e. The van der Waals surface area contributed by atoms with Crippen LogP contribution in [0.4, 0.5) is 0 Å². The summed E-state index contributed by atoms with van der Waals surface area (Å²) in [6, 6.07) is 3.56. The number of carbonyl (C=O) groups excluding carboxylic acids is 4. The Morgan fingerprint density at radius 1 is 1.12 bits per heavy atom. The summed E-state index contributed by atoms with van der Waals surface area (Å²) in [6.07, 6.45) is -0.707. The molecule has 4 amide bonds. The van der Waals surface area contributed by atoms with E-state index in [9.17, 15) is 32.4 Å². The Kier molecular flexibility index (Phi) is 7.92.